The van der Waals surface area contributed by atoms with Crippen LogP contribution in [0.25, 0.3) is 11.0 Å². The molecule has 0 bridgehead atoms. The van der Waals surface area contributed by atoms with Crippen LogP contribution in [0.3, 0.4) is 0 Å². The second kappa shape index (κ2) is 15.1. The van der Waals surface area contributed by atoms with E-state index < -0.39 is 0 Å². The van der Waals surface area contributed by atoms with Gasteiger partial charge in [0.2, 0.25) is 0 Å². The third-order valence-electron chi connectivity index (χ3n) is 7.87. The average Bonchev–Trinajstić information content (AvgIpc) is 3.43. The number of ether oxygens (including phenoxy) is 3. The number of likely N-dealkylation sites (tertiary alicyclic amines) is 1. The molecule has 4 rings (SSSR count). The van der Waals surface area contributed by atoms with Crippen molar-refractivity contribution in [3.8, 4) is 5.75 Å². The lowest BCUT2D eigenvalue weighted by Gasteiger charge is -2.32. The lowest BCUT2D eigenvalue weighted by Crippen LogP contribution is -2.35. The monoisotopic (exact) mass is 580 g/mol. The van der Waals surface area contributed by atoms with Gasteiger partial charge in [-0.2, -0.15) is 0 Å². The van der Waals surface area contributed by atoms with Gasteiger partial charge in [0.15, 0.2) is 12.4 Å². The minimum atomic E-state index is -0.132. The fraction of sp³-hybridized carbons (Fsp3) is 0.548. The minimum Gasteiger partial charge on any atom is -0.482 e. The van der Waals surface area contributed by atoms with E-state index in [1.165, 1.54) is 17.4 Å². The first-order valence-corrected chi connectivity index (χ1v) is 14.6. The molecule has 3 heterocycles. The molecule has 11 nitrogen and oxygen atoms in total. The Kier molecular flexibility index (Phi) is 11.3. The lowest BCUT2D eigenvalue weighted by molar-refractivity contribution is -0.130. The summed E-state index contributed by atoms with van der Waals surface area (Å²) in [6, 6.07) is 5.45. The van der Waals surface area contributed by atoms with E-state index in [0.717, 1.165) is 67.9 Å². The third-order valence-corrected chi connectivity index (χ3v) is 7.87. The molecule has 42 heavy (non-hydrogen) atoms. The Morgan fingerprint density at radius 2 is 1.90 bits per heavy atom. The summed E-state index contributed by atoms with van der Waals surface area (Å²) in [4.78, 5) is 42.5. The molecule has 0 saturated carbocycles. The van der Waals surface area contributed by atoms with Crippen molar-refractivity contribution >= 4 is 28.4 Å². The van der Waals surface area contributed by atoms with Gasteiger partial charge in [0.25, 0.3) is 5.91 Å². The number of methoxy groups -OCH3 is 1. The third kappa shape index (κ3) is 8.05. The number of nitrogens with one attached hydrogen (secondary N) is 1. The molecule has 0 spiro atoms. The maximum Gasteiger partial charge on any atom is 0.259 e. The van der Waals surface area contributed by atoms with Gasteiger partial charge in [0.1, 0.15) is 17.7 Å². The largest absolute Gasteiger partial charge is 0.482 e. The second-order valence-corrected chi connectivity index (χ2v) is 11.0. The van der Waals surface area contributed by atoms with Crippen LogP contribution in [-0.4, -0.2) is 111 Å². The predicted octanol–water partition coefficient (Wildman–Crippen LogP) is 3.50. The molecular formula is C31H44N6O5. The number of fused-ring (bicyclic) bond motifs is 1. The molecule has 1 aliphatic heterocycles. The average molecular weight is 581 g/mol. The van der Waals surface area contributed by atoms with Gasteiger partial charge in [-0.25, -0.2) is 9.97 Å². The highest BCUT2D eigenvalue weighted by molar-refractivity contribution is 5.95. The van der Waals surface area contributed by atoms with E-state index in [9.17, 15) is 9.59 Å². The first-order valence-electron chi connectivity index (χ1n) is 14.6. The van der Waals surface area contributed by atoms with E-state index in [4.69, 9.17) is 14.2 Å². The predicted molar refractivity (Wildman–Crippen MR) is 162 cm³/mol. The Balaban J connectivity index is 1.30. The molecule has 228 valence electrons. The van der Waals surface area contributed by atoms with E-state index in [-0.39, 0.29) is 18.3 Å². The molecule has 1 fully saturated rings. The SMILES string of the molecule is COCCOCc1ncnc2[nH]cc(C3CCN(CCCN(C)c4ccc(C(C)=O)cc4OCC(=O)N(C)C)CC3)c12. The van der Waals surface area contributed by atoms with Crippen molar-refractivity contribution in [1.82, 2.24) is 24.8 Å². The number of nitrogens with zero attached hydrogens (tertiary/aromatic N) is 5. The first kappa shape index (κ1) is 31.4. The Labute approximate surface area is 248 Å². The normalized spacial score (nSPS) is 14.3. The summed E-state index contributed by atoms with van der Waals surface area (Å²) >= 11 is 0. The molecule has 1 amide bonds. The highest BCUT2D eigenvalue weighted by Crippen LogP contribution is 2.34. The molecule has 1 saturated heterocycles. The number of aromatic nitrogens is 3. The molecule has 3 aromatic rings. The maximum absolute atomic E-state index is 12.1. The van der Waals surface area contributed by atoms with Crippen LogP contribution in [0.4, 0.5) is 5.69 Å². The molecule has 0 unspecified atom stereocenters. The highest BCUT2D eigenvalue weighted by Gasteiger charge is 2.25. The topological polar surface area (TPSA) is 113 Å². The number of rotatable bonds is 15. The zero-order valence-electron chi connectivity index (χ0n) is 25.5. The molecule has 1 aromatic carbocycles. The summed E-state index contributed by atoms with van der Waals surface area (Å²) in [6.45, 7) is 6.86. The van der Waals surface area contributed by atoms with Crippen molar-refractivity contribution in [2.75, 3.05) is 79.2 Å². The number of anilines is 1. The van der Waals surface area contributed by atoms with Gasteiger partial charge >= 0.3 is 0 Å². The number of ketones is 1. The number of Topliss-reactive ketones (excluding diaryl/α,β-unsaturated/α-hetero) is 1. The molecular weight excluding hydrogens is 536 g/mol. The minimum absolute atomic E-state index is 0.0387. The van der Waals surface area contributed by atoms with Crippen LogP contribution in [0.2, 0.25) is 0 Å². The Morgan fingerprint density at radius 1 is 1.12 bits per heavy atom. The van der Waals surface area contributed by atoms with E-state index in [1.54, 1.807) is 33.6 Å². The first-order chi connectivity index (χ1) is 20.3. The van der Waals surface area contributed by atoms with Crippen molar-refractivity contribution in [2.24, 2.45) is 0 Å². The number of hydrogen-bond acceptors (Lipinski definition) is 9. The number of carbonyl (C=O) groups excluding carboxylic acids is 2. The van der Waals surface area contributed by atoms with Gasteiger partial charge in [-0.1, -0.05) is 0 Å². The second-order valence-electron chi connectivity index (χ2n) is 11.0. The molecule has 0 atom stereocenters. The smallest absolute Gasteiger partial charge is 0.259 e. The van der Waals surface area contributed by atoms with Crippen LogP contribution in [0.1, 0.15) is 53.7 Å². The Hall–Kier alpha value is -3.54. The molecule has 11 heteroatoms. The molecule has 0 radical (unpaired) electrons. The maximum atomic E-state index is 12.1. The summed E-state index contributed by atoms with van der Waals surface area (Å²) in [5.41, 5.74) is 4.50. The number of carbonyl (C=O) groups is 2. The number of aromatic amines is 1. The summed E-state index contributed by atoms with van der Waals surface area (Å²) in [7, 11) is 7.08. The number of hydrogen-bond donors (Lipinski definition) is 1. The van der Waals surface area contributed by atoms with Gasteiger partial charge in [0.05, 0.1) is 31.2 Å². The van der Waals surface area contributed by atoms with Gasteiger partial charge in [-0.3, -0.25) is 9.59 Å². The van der Waals surface area contributed by atoms with Crippen LogP contribution < -0.4 is 9.64 Å². The molecule has 2 aromatic heterocycles. The van der Waals surface area contributed by atoms with E-state index in [2.05, 4.69) is 30.9 Å². The Bertz CT molecular complexity index is 1330. The van der Waals surface area contributed by atoms with Crippen molar-refractivity contribution in [1.29, 1.82) is 0 Å². The fourth-order valence-corrected chi connectivity index (χ4v) is 5.35. The van der Waals surface area contributed by atoms with E-state index in [1.807, 2.05) is 19.2 Å². The van der Waals surface area contributed by atoms with Crippen LogP contribution >= 0.6 is 0 Å². The number of H-pyrrole nitrogens is 1. The summed E-state index contributed by atoms with van der Waals surface area (Å²) in [6.07, 6.45) is 6.82. The van der Waals surface area contributed by atoms with Crippen molar-refractivity contribution in [3.63, 3.8) is 0 Å². The molecule has 1 N–H and O–H groups in total. The van der Waals surface area contributed by atoms with Crippen molar-refractivity contribution in [2.45, 2.75) is 38.7 Å². The number of likely N-dealkylation sites (N-methyl/N-ethyl adjacent to an activating group) is 1. The highest BCUT2D eigenvalue weighted by atomic mass is 16.5. The summed E-state index contributed by atoms with van der Waals surface area (Å²) in [5.74, 6) is 0.827. The van der Waals surface area contributed by atoms with Crippen LogP contribution in [0.15, 0.2) is 30.7 Å². The number of benzene rings is 1. The van der Waals surface area contributed by atoms with Gasteiger partial charge in [-0.15, -0.1) is 0 Å². The fourth-order valence-electron chi connectivity index (χ4n) is 5.35. The summed E-state index contributed by atoms with van der Waals surface area (Å²) < 4.78 is 16.7. The van der Waals surface area contributed by atoms with E-state index in [0.29, 0.717) is 37.1 Å². The van der Waals surface area contributed by atoms with Gasteiger partial charge in [-0.05, 0) is 75.5 Å². The van der Waals surface area contributed by atoms with Gasteiger partial charge < -0.3 is 33.9 Å². The van der Waals surface area contributed by atoms with Gasteiger partial charge in [0, 0.05) is 51.9 Å². The zero-order chi connectivity index (χ0) is 30.1. The standard InChI is InChI=1S/C31H44N6O5/c1-22(38)24-7-8-27(28(17-24)42-20-29(39)35(2)3)36(4)11-6-12-37-13-9-23(10-14-37)25-18-32-31-30(25)26(33-21-34-31)19-41-16-15-40-5/h7-8,17-18,21,23H,6,9-16,19-20H2,1-5H3,(H,32,33,34). The van der Waals surface area contributed by atoms with E-state index >= 15 is 0 Å². The number of piperidine rings is 1. The van der Waals surface area contributed by atoms with Crippen LogP contribution in [-0.2, 0) is 20.9 Å². The lowest BCUT2D eigenvalue weighted by atomic mass is 9.89. The van der Waals surface area contributed by atoms with Crippen LogP contribution in [0, 0.1) is 0 Å². The molecule has 0 aliphatic carbocycles. The Morgan fingerprint density at radius 3 is 2.62 bits per heavy atom. The van der Waals surface area contributed by atoms with Crippen molar-refractivity contribution in [3.05, 3.63) is 47.5 Å². The molecule has 1 aliphatic rings. The van der Waals surface area contributed by atoms with Crippen LogP contribution in [0.5, 0.6) is 5.75 Å². The van der Waals surface area contributed by atoms with Crippen molar-refractivity contribution < 1.29 is 23.8 Å². The summed E-state index contributed by atoms with van der Waals surface area (Å²) in [5, 5.41) is 1.09. The number of amides is 1. The quantitative estimate of drug-likeness (QED) is 0.213. The zero-order valence-corrected chi connectivity index (χ0v) is 25.5.